The van der Waals surface area contributed by atoms with Gasteiger partial charge in [-0.25, -0.2) is 0 Å². The number of hydrogen-bond acceptors (Lipinski definition) is 4. The second-order valence-corrected chi connectivity index (χ2v) is 4.53. The molecule has 2 unspecified atom stereocenters. The number of likely N-dealkylation sites (tertiary alicyclic amines) is 1. The summed E-state index contributed by atoms with van der Waals surface area (Å²) >= 11 is 1.15. The van der Waals surface area contributed by atoms with E-state index in [9.17, 15) is 14.4 Å². The fraction of sp³-hybridized carbons (Fsp3) is 0.700. The molecular formula is C10H16N2O3S. The van der Waals surface area contributed by atoms with Gasteiger partial charge in [-0.15, -0.1) is 0 Å². The monoisotopic (exact) mass is 244 g/mol. The number of nitrogens with one attached hydrogen (secondary N) is 1. The van der Waals surface area contributed by atoms with Crippen molar-refractivity contribution in [2.24, 2.45) is 0 Å². The number of rotatable bonds is 4. The van der Waals surface area contributed by atoms with Gasteiger partial charge in [-0.05, 0) is 26.0 Å². The lowest BCUT2D eigenvalue weighted by molar-refractivity contribution is -0.137. The lowest BCUT2D eigenvalue weighted by Gasteiger charge is -2.25. The van der Waals surface area contributed by atoms with Crippen LogP contribution in [0, 0.1) is 0 Å². The fourth-order valence-electron chi connectivity index (χ4n) is 1.83. The van der Waals surface area contributed by atoms with Crippen molar-refractivity contribution in [3.63, 3.8) is 0 Å². The molecule has 0 aromatic carbocycles. The van der Waals surface area contributed by atoms with Crippen molar-refractivity contribution in [2.45, 2.75) is 31.8 Å². The zero-order valence-electron chi connectivity index (χ0n) is 9.43. The lowest BCUT2D eigenvalue weighted by Crippen LogP contribution is -2.48. The van der Waals surface area contributed by atoms with Gasteiger partial charge in [0.05, 0.1) is 0 Å². The van der Waals surface area contributed by atoms with E-state index in [0.29, 0.717) is 13.0 Å². The largest absolute Gasteiger partial charge is 0.347 e. The van der Waals surface area contributed by atoms with Crippen molar-refractivity contribution < 1.29 is 14.4 Å². The first-order valence-electron chi connectivity index (χ1n) is 5.19. The van der Waals surface area contributed by atoms with Crippen molar-refractivity contribution in [3.05, 3.63) is 0 Å². The number of carbonyl (C=O) groups excluding carboxylic acids is 3. The first kappa shape index (κ1) is 13.0. The van der Waals surface area contributed by atoms with E-state index in [1.54, 1.807) is 18.1 Å². The minimum Gasteiger partial charge on any atom is -0.347 e. The van der Waals surface area contributed by atoms with Gasteiger partial charge in [-0.2, -0.15) is 0 Å². The molecule has 2 amide bonds. The summed E-state index contributed by atoms with van der Waals surface area (Å²) in [6, 6.07) is -0.883. The molecule has 0 spiro atoms. The highest BCUT2D eigenvalue weighted by Crippen LogP contribution is 2.22. The van der Waals surface area contributed by atoms with Gasteiger partial charge in [0, 0.05) is 6.54 Å². The van der Waals surface area contributed by atoms with Crippen LogP contribution < -0.4 is 5.32 Å². The molecule has 1 aliphatic rings. The molecule has 0 saturated carbocycles. The van der Waals surface area contributed by atoms with Crippen LogP contribution in [0.3, 0.4) is 0 Å². The van der Waals surface area contributed by atoms with Crippen LogP contribution in [-0.4, -0.2) is 47.2 Å². The molecule has 0 aliphatic carbocycles. The van der Waals surface area contributed by atoms with E-state index in [1.165, 1.54) is 0 Å². The minimum atomic E-state index is -0.562. The highest BCUT2D eigenvalue weighted by atomic mass is 32.2. The van der Waals surface area contributed by atoms with Crippen LogP contribution in [0.25, 0.3) is 0 Å². The van der Waals surface area contributed by atoms with E-state index in [-0.39, 0.29) is 17.1 Å². The summed E-state index contributed by atoms with van der Waals surface area (Å²) in [5.74, 6) is -0.183. The van der Waals surface area contributed by atoms with Crippen molar-refractivity contribution in [2.75, 3.05) is 12.8 Å². The third kappa shape index (κ3) is 2.75. The molecule has 16 heavy (non-hydrogen) atoms. The van der Waals surface area contributed by atoms with E-state index >= 15 is 0 Å². The zero-order chi connectivity index (χ0) is 12.1. The van der Waals surface area contributed by atoms with Gasteiger partial charge in [-0.1, -0.05) is 11.8 Å². The molecule has 1 N–H and O–H groups in total. The molecule has 90 valence electrons. The molecule has 1 rings (SSSR count). The van der Waals surface area contributed by atoms with Crippen molar-refractivity contribution in [1.29, 1.82) is 0 Å². The predicted octanol–water partition coefficient (Wildman–Crippen LogP) is 0.00150. The van der Waals surface area contributed by atoms with Gasteiger partial charge in [0.1, 0.15) is 12.1 Å². The Kier molecular flexibility index (Phi) is 4.79. The maximum absolute atomic E-state index is 11.9. The van der Waals surface area contributed by atoms with Gasteiger partial charge < -0.3 is 10.2 Å². The molecule has 1 fully saturated rings. The second kappa shape index (κ2) is 5.89. The molecule has 2 atom stereocenters. The second-order valence-electron chi connectivity index (χ2n) is 3.72. The summed E-state index contributed by atoms with van der Waals surface area (Å²) in [6.07, 6.45) is 3.79. The van der Waals surface area contributed by atoms with Crippen LogP contribution in [0.4, 0.5) is 0 Å². The zero-order valence-corrected chi connectivity index (χ0v) is 10.3. The van der Waals surface area contributed by atoms with Crippen LogP contribution in [0.1, 0.15) is 19.8 Å². The fourth-order valence-corrected chi connectivity index (χ4v) is 2.35. The molecule has 6 heteroatoms. The van der Waals surface area contributed by atoms with Gasteiger partial charge in [-0.3, -0.25) is 14.4 Å². The summed E-state index contributed by atoms with van der Waals surface area (Å²) < 4.78 is 0. The molecule has 1 saturated heterocycles. The van der Waals surface area contributed by atoms with Gasteiger partial charge in [0.2, 0.25) is 17.4 Å². The minimum absolute atomic E-state index is 0.0177. The summed E-state index contributed by atoms with van der Waals surface area (Å²) in [6.45, 7) is 2.22. The Labute approximate surface area is 98.9 Å². The van der Waals surface area contributed by atoms with Crippen LogP contribution in [0.5, 0.6) is 0 Å². The molecule has 5 nitrogen and oxygen atoms in total. The molecule has 0 radical (unpaired) electrons. The summed E-state index contributed by atoms with van der Waals surface area (Å²) in [5, 5.41) is 2.43. The van der Waals surface area contributed by atoms with Crippen LogP contribution in [-0.2, 0) is 14.4 Å². The van der Waals surface area contributed by atoms with Crippen molar-refractivity contribution >= 4 is 29.2 Å². The number of amides is 2. The third-order valence-electron chi connectivity index (χ3n) is 2.70. The summed E-state index contributed by atoms with van der Waals surface area (Å²) in [4.78, 5) is 35.3. The Morgan fingerprint density at radius 1 is 1.56 bits per heavy atom. The molecule has 0 bridgehead atoms. The van der Waals surface area contributed by atoms with E-state index in [0.717, 1.165) is 24.6 Å². The molecule has 0 aromatic rings. The maximum Gasteiger partial charge on any atom is 0.245 e. The Hall–Kier alpha value is -1.04. The topological polar surface area (TPSA) is 66.5 Å². The van der Waals surface area contributed by atoms with E-state index in [4.69, 9.17) is 0 Å². The Balaban J connectivity index is 2.67. The average molecular weight is 244 g/mol. The average Bonchev–Trinajstić information content (AvgIpc) is 2.76. The first-order chi connectivity index (χ1) is 7.61. The summed E-state index contributed by atoms with van der Waals surface area (Å²) in [7, 11) is 0. The molecule has 0 aromatic heterocycles. The standard InChI is InChI=1S/C10H16N2O3S/c1-7(11-6-13)9(14)12-5-3-4-8(12)10(15)16-2/h6-8H,3-5H2,1-2H3,(H,11,13). The van der Waals surface area contributed by atoms with Crippen LogP contribution >= 0.6 is 11.8 Å². The van der Waals surface area contributed by atoms with E-state index in [1.807, 2.05) is 0 Å². The number of hydrogen-bond donors (Lipinski definition) is 1. The number of carbonyl (C=O) groups is 3. The van der Waals surface area contributed by atoms with Crippen LogP contribution in [0.2, 0.25) is 0 Å². The van der Waals surface area contributed by atoms with E-state index < -0.39 is 6.04 Å². The van der Waals surface area contributed by atoms with Crippen LogP contribution in [0.15, 0.2) is 0 Å². The molecule has 1 heterocycles. The Morgan fingerprint density at radius 3 is 2.81 bits per heavy atom. The molecular weight excluding hydrogens is 228 g/mol. The summed E-state index contributed by atoms with van der Waals surface area (Å²) in [5.41, 5.74) is 0. The van der Waals surface area contributed by atoms with Gasteiger partial charge >= 0.3 is 0 Å². The molecule has 1 aliphatic heterocycles. The SMILES string of the molecule is CSC(=O)C1CCCN1C(=O)C(C)NC=O. The Bertz CT molecular complexity index is 296. The highest BCUT2D eigenvalue weighted by Gasteiger charge is 2.35. The third-order valence-corrected chi connectivity index (χ3v) is 3.37. The predicted molar refractivity (Wildman–Crippen MR) is 61.9 cm³/mol. The highest BCUT2D eigenvalue weighted by molar-refractivity contribution is 8.13. The van der Waals surface area contributed by atoms with Gasteiger partial charge in [0.25, 0.3) is 0 Å². The maximum atomic E-state index is 11.9. The van der Waals surface area contributed by atoms with Gasteiger partial charge in [0.15, 0.2) is 0 Å². The lowest BCUT2D eigenvalue weighted by atomic mass is 10.2. The number of thioether (sulfide) groups is 1. The van der Waals surface area contributed by atoms with Crippen molar-refractivity contribution in [1.82, 2.24) is 10.2 Å². The first-order valence-corrected chi connectivity index (χ1v) is 6.42. The van der Waals surface area contributed by atoms with E-state index in [2.05, 4.69) is 5.32 Å². The quantitative estimate of drug-likeness (QED) is 0.707. The van der Waals surface area contributed by atoms with Crippen molar-refractivity contribution in [3.8, 4) is 0 Å². The number of nitrogens with zero attached hydrogens (tertiary/aromatic N) is 1. The Morgan fingerprint density at radius 2 is 2.25 bits per heavy atom. The smallest absolute Gasteiger partial charge is 0.245 e. The normalized spacial score (nSPS) is 21.6.